The zero-order chi connectivity index (χ0) is 15.8. The van der Waals surface area contributed by atoms with Crippen LogP contribution < -0.4 is 16.0 Å². The molecule has 0 aromatic heterocycles. The van der Waals surface area contributed by atoms with Crippen molar-refractivity contribution in [1.82, 2.24) is 9.62 Å². The minimum Gasteiger partial charge on any atom is -0.397 e. The van der Waals surface area contributed by atoms with Crippen LogP contribution in [-0.4, -0.2) is 51.7 Å². The van der Waals surface area contributed by atoms with Crippen LogP contribution in [0.2, 0.25) is 0 Å². The molecule has 1 fully saturated rings. The van der Waals surface area contributed by atoms with Gasteiger partial charge >= 0.3 is 0 Å². The molecule has 0 radical (unpaired) electrons. The van der Waals surface area contributed by atoms with Gasteiger partial charge in [-0.25, -0.2) is 12.7 Å². The molecule has 8 nitrogen and oxygen atoms in total. The number of nitrogens with one attached hydrogen (secondary N) is 1. The number of amides is 2. The molecule has 2 rings (SSSR count). The van der Waals surface area contributed by atoms with Crippen molar-refractivity contribution in [2.45, 2.75) is 4.90 Å². The van der Waals surface area contributed by atoms with Crippen LogP contribution in [0.3, 0.4) is 0 Å². The summed E-state index contributed by atoms with van der Waals surface area (Å²) in [6, 6.07) is 4.21. The molecule has 0 saturated carbocycles. The summed E-state index contributed by atoms with van der Waals surface area (Å²) in [4.78, 5) is 24.3. The minimum atomic E-state index is -3.62. The molecule has 114 valence electrons. The molecule has 3 N–H and O–H groups in total. The lowest BCUT2D eigenvalue weighted by molar-refractivity contribution is -0.130. The largest absolute Gasteiger partial charge is 0.397 e. The van der Waals surface area contributed by atoms with Crippen molar-refractivity contribution in [2.24, 2.45) is 0 Å². The van der Waals surface area contributed by atoms with Crippen LogP contribution in [-0.2, 0) is 19.6 Å². The summed E-state index contributed by atoms with van der Waals surface area (Å²) in [5.74, 6) is -0.905. The molecule has 0 bridgehead atoms. The highest BCUT2D eigenvalue weighted by Crippen LogP contribution is 2.28. The van der Waals surface area contributed by atoms with Gasteiger partial charge in [0.1, 0.15) is 0 Å². The van der Waals surface area contributed by atoms with E-state index in [0.717, 1.165) is 4.31 Å². The van der Waals surface area contributed by atoms with Crippen molar-refractivity contribution >= 4 is 33.2 Å². The van der Waals surface area contributed by atoms with Gasteiger partial charge in [-0.2, -0.15) is 0 Å². The lowest BCUT2D eigenvalue weighted by Crippen LogP contribution is -2.51. The average Bonchev–Trinajstić information content (AvgIpc) is 2.37. The summed E-state index contributed by atoms with van der Waals surface area (Å²) >= 11 is 0. The second kappa shape index (κ2) is 5.34. The summed E-state index contributed by atoms with van der Waals surface area (Å²) in [7, 11) is -0.777. The van der Waals surface area contributed by atoms with Gasteiger partial charge in [-0.1, -0.05) is 0 Å². The van der Waals surface area contributed by atoms with E-state index in [1.807, 2.05) is 0 Å². The van der Waals surface area contributed by atoms with Crippen molar-refractivity contribution < 1.29 is 18.0 Å². The fourth-order valence-corrected chi connectivity index (χ4v) is 2.90. The molecule has 1 aliphatic heterocycles. The molecule has 1 heterocycles. The first-order valence-electron chi connectivity index (χ1n) is 6.11. The van der Waals surface area contributed by atoms with Gasteiger partial charge in [0, 0.05) is 14.1 Å². The van der Waals surface area contributed by atoms with E-state index in [1.165, 1.54) is 37.2 Å². The third-order valence-electron chi connectivity index (χ3n) is 3.07. The summed E-state index contributed by atoms with van der Waals surface area (Å²) in [6.07, 6.45) is 0. The molecule has 1 aromatic rings. The summed E-state index contributed by atoms with van der Waals surface area (Å²) in [5.41, 5.74) is 6.49. The normalized spacial score (nSPS) is 16.2. The molecular weight excluding hydrogens is 296 g/mol. The van der Waals surface area contributed by atoms with Crippen LogP contribution in [0.25, 0.3) is 0 Å². The number of piperazine rings is 1. The second-order valence-corrected chi connectivity index (χ2v) is 6.99. The van der Waals surface area contributed by atoms with Gasteiger partial charge in [0.05, 0.1) is 29.4 Å². The Morgan fingerprint density at radius 2 is 1.76 bits per heavy atom. The van der Waals surface area contributed by atoms with E-state index in [-0.39, 0.29) is 18.0 Å². The maximum absolute atomic E-state index is 12.1. The lowest BCUT2D eigenvalue weighted by Gasteiger charge is -2.28. The van der Waals surface area contributed by atoms with E-state index in [1.54, 1.807) is 0 Å². The van der Waals surface area contributed by atoms with Crippen molar-refractivity contribution in [3.63, 3.8) is 0 Å². The SMILES string of the molecule is CN(C)S(=O)(=O)c1ccc(N)c(N2CC(=O)NC(=O)C2)c1. The van der Waals surface area contributed by atoms with E-state index in [4.69, 9.17) is 5.73 Å². The predicted molar refractivity (Wildman–Crippen MR) is 77.1 cm³/mol. The number of nitrogens with two attached hydrogens (primary N) is 1. The first-order chi connectivity index (χ1) is 9.71. The van der Waals surface area contributed by atoms with Crippen LogP contribution in [0.1, 0.15) is 0 Å². The van der Waals surface area contributed by atoms with Crippen LogP contribution in [0, 0.1) is 0 Å². The zero-order valence-corrected chi connectivity index (χ0v) is 12.5. The number of anilines is 2. The first-order valence-corrected chi connectivity index (χ1v) is 7.55. The lowest BCUT2D eigenvalue weighted by atomic mass is 10.2. The van der Waals surface area contributed by atoms with Crippen molar-refractivity contribution in [3.05, 3.63) is 18.2 Å². The summed E-state index contributed by atoms with van der Waals surface area (Å²) in [5, 5.41) is 2.17. The van der Waals surface area contributed by atoms with Gasteiger partial charge in [-0.05, 0) is 18.2 Å². The Labute approximate surface area is 122 Å². The maximum Gasteiger partial charge on any atom is 0.246 e. The molecule has 21 heavy (non-hydrogen) atoms. The number of benzene rings is 1. The van der Waals surface area contributed by atoms with Crippen molar-refractivity contribution in [2.75, 3.05) is 37.8 Å². The molecule has 2 amide bonds. The quantitative estimate of drug-likeness (QED) is 0.546. The van der Waals surface area contributed by atoms with E-state index < -0.39 is 21.8 Å². The second-order valence-electron chi connectivity index (χ2n) is 4.84. The fourth-order valence-electron chi connectivity index (χ4n) is 1.98. The van der Waals surface area contributed by atoms with Crippen LogP contribution in [0.4, 0.5) is 11.4 Å². The molecule has 1 aliphatic rings. The first kappa shape index (κ1) is 15.3. The highest BCUT2D eigenvalue weighted by Gasteiger charge is 2.26. The van der Waals surface area contributed by atoms with E-state index in [9.17, 15) is 18.0 Å². The van der Waals surface area contributed by atoms with Gasteiger partial charge in [0.2, 0.25) is 21.8 Å². The number of rotatable bonds is 3. The fraction of sp³-hybridized carbons (Fsp3) is 0.333. The number of sulfonamides is 1. The topological polar surface area (TPSA) is 113 Å². The van der Waals surface area contributed by atoms with Crippen molar-refractivity contribution in [3.8, 4) is 0 Å². The van der Waals surface area contributed by atoms with Crippen LogP contribution in [0.15, 0.2) is 23.1 Å². The Morgan fingerprint density at radius 3 is 2.29 bits per heavy atom. The Bertz CT molecular complexity index is 683. The average molecular weight is 312 g/mol. The van der Waals surface area contributed by atoms with Crippen LogP contribution >= 0.6 is 0 Å². The van der Waals surface area contributed by atoms with Crippen molar-refractivity contribution in [1.29, 1.82) is 0 Å². The third-order valence-corrected chi connectivity index (χ3v) is 4.88. The molecule has 0 atom stereocenters. The zero-order valence-electron chi connectivity index (χ0n) is 11.7. The minimum absolute atomic E-state index is 0.0510. The van der Waals surface area contributed by atoms with E-state index in [0.29, 0.717) is 11.4 Å². The predicted octanol–water partition coefficient (Wildman–Crippen LogP) is -1.02. The Balaban J connectivity index is 2.45. The molecular formula is C12H16N4O4S. The van der Waals surface area contributed by atoms with Gasteiger partial charge in [0.25, 0.3) is 0 Å². The number of carbonyl (C=O) groups is 2. The molecule has 1 saturated heterocycles. The maximum atomic E-state index is 12.1. The Hall–Kier alpha value is -2.13. The smallest absolute Gasteiger partial charge is 0.246 e. The highest BCUT2D eigenvalue weighted by atomic mass is 32.2. The molecule has 0 spiro atoms. The molecule has 0 unspecified atom stereocenters. The number of hydrogen-bond acceptors (Lipinski definition) is 6. The van der Waals surface area contributed by atoms with Crippen LogP contribution in [0.5, 0.6) is 0 Å². The summed E-state index contributed by atoms with van der Waals surface area (Å²) < 4.78 is 25.3. The molecule has 9 heteroatoms. The number of imide groups is 1. The third kappa shape index (κ3) is 2.98. The molecule has 0 aliphatic carbocycles. The number of carbonyl (C=O) groups excluding carboxylic acids is 2. The highest BCUT2D eigenvalue weighted by molar-refractivity contribution is 7.89. The van der Waals surface area contributed by atoms with Gasteiger partial charge in [-0.15, -0.1) is 0 Å². The monoisotopic (exact) mass is 312 g/mol. The van der Waals surface area contributed by atoms with Gasteiger partial charge < -0.3 is 10.6 Å². The molecule has 1 aromatic carbocycles. The van der Waals surface area contributed by atoms with Gasteiger partial charge in [0.15, 0.2) is 0 Å². The standard InChI is InChI=1S/C12H16N4O4S/c1-15(2)21(19,20)8-3-4-9(13)10(5-8)16-6-11(17)14-12(18)7-16/h3-5H,6-7,13H2,1-2H3,(H,14,17,18). The number of nitrogens with zero attached hydrogens (tertiary/aromatic N) is 2. The number of nitrogen functional groups attached to an aromatic ring is 1. The Morgan fingerprint density at radius 1 is 1.19 bits per heavy atom. The summed E-state index contributed by atoms with van der Waals surface area (Å²) in [6.45, 7) is -0.108. The Kier molecular flexibility index (Phi) is 3.88. The number of hydrogen-bond donors (Lipinski definition) is 2. The van der Waals surface area contributed by atoms with E-state index >= 15 is 0 Å². The van der Waals surface area contributed by atoms with Gasteiger partial charge in [-0.3, -0.25) is 14.9 Å². The van der Waals surface area contributed by atoms with E-state index in [2.05, 4.69) is 5.32 Å².